The van der Waals surface area contributed by atoms with Crippen LogP contribution >= 0.6 is 22.7 Å². The number of nitrogens with one attached hydrogen (secondary N) is 1. The first-order valence-corrected chi connectivity index (χ1v) is 9.25. The number of rotatable bonds is 4. The van der Waals surface area contributed by atoms with Crippen molar-refractivity contribution in [1.29, 1.82) is 0 Å². The normalized spacial score (nSPS) is 10.6. The Morgan fingerprint density at radius 2 is 1.72 bits per heavy atom. The number of hydrogen-bond donors (Lipinski definition) is 1. The second-order valence-corrected chi connectivity index (χ2v) is 6.83. The van der Waals surface area contributed by atoms with Gasteiger partial charge in [-0.25, -0.2) is 9.97 Å². The molecule has 0 spiro atoms. The maximum atomic E-state index is 12.4. The lowest BCUT2D eigenvalue weighted by Crippen LogP contribution is -2.12. The molecule has 0 bridgehead atoms. The third-order valence-corrected chi connectivity index (χ3v) is 5.06. The molecule has 0 aliphatic heterocycles. The highest BCUT2D eigenvalue weighted by Crippen LogP contribution is 2.26. The smallest absolute Gasteiger partial charge is 0.276 e. The molecular weight excluding hydrogens is 352 g/mol. The lowest BCUT2D eigenvalue weighted by Gasteiger charge is -1.98. The molecule has 0 fully saturated rings. The Morgan fingerprint density at radius 3 is 2.52 bits per heavy atom. The predicted octanol–water partition coefficient (Wildman–Crippen LogP) is 4.58. The monoisotopic (exact) mass is 364 g/mol. The van der Waals surface area contributed by atoms with E-state index in [4.69, 9.17) is 0 Å². The average Bonchev–Trinajstić information content (AvgIpc) is 3.33. The van der Waals surface area contributed by atoms with Crippen LogP contribution in [0.5, 0.6) is 0 Å². The van der Waals surface area contributed by atoms with Gasteiger partial charge in [0.25, 0.3) is 5.91 Å². The zero-order valence-electron chi connectivity index (χ0n) is 12.9. The van der Waals surface area contributed by atoms with Crippen LogP contribution in [0, 0.1) is 0 Å². The molecule has 122 valence electrons. The average molecular weight is 364 g/mol. The summed E-state index contributed by atoms with van der Waals surface area (Å²) in [5, 5.41) is 7.77. The summed E-state index contributed by atoms with van der Waals surface area (Å²) >= 11 is 2.81. The van der Waals surface area contributed by atoms with E-state index in [9.17, 15) is 4.79 Å². The Kier molecular flexibility index (Phi) is 4.32. The standard InChI is InChI=1S/C18H12N4OS2/c23-16(15-11-24-17(20-15)12-6-2-1-3-7-12)22-18-21-14(10-25-18)13-8-4-5-9-19-13/h1-11H,(H,21,22,23). The summed E-state index contributed by atoms with van der Waals surface area (Å²) in [6.07, 6.45) is 1.72. The summed E-state index contributed by atoms with van der Waals surface area (Å²) in [5.74, 6) is -0.264. The SMILES string of the molecule is O=C(Nc1nc(-c2ccccn2)cs1)c1csc(-c2ccccc2)n1. The van der Waals surface area contributed by atoms with Crippen LogP contribution < -0.4 is 5.32 Å². The van der Waals surface area contributed by atoms with E-state index in [0.717, 1.165) is 22.0 Å². The lowest BCUT2D eigenvalue weighted by atomic mass is 10.2. The molecule has 0 saturated heterocycles. The van der Waals surface area contributed by atoms with Gasteiger partial charge >= 0.3 is 0 Å². The Hall–Kier alpha value is -2.90. The van der Waals surface area contributed by atoms with E-state index in [1.807, 2.05) is 53.9 Å². The first-order chi connectivity index (χ1) is 12.3. The number of carbonyl (C=O) groups excluding carboxylic acids is 1. The number of aromatic nitrogens is 3. The van der Waals surface area contributed by atoms with Crippen molar-refractivity contribution in [3.8, 4) is 22.0 Å². The summed E-state index contributed by atoms with van der Waals surface area (Å²) < 4.78 is 0. The van der Waals surface area contributed by atoms with Crippen LogP contribution in [0.4, 0.5) is 5.13 Å². The van der Waals surface area contributed by atoms with Gasteiger partial charge in [-0.05, 0) is 12.1 Å². The molecule has 3 aromatic heterocycles. The van der Waals surface area contributed by atoms with Crippen LogP contribution in [-0.4, -0.2) is 20.9 Å². The van der Waals surface area contributed by atoms with Gasteiger partial charge in [-0.1, -0.05) is 36.4 Å². The minimum Gasteiger partial charge on any atom is -0.296 e. The van der Waals surface area contributed by atoms with Gasteiger partial charge in [0, 0.05) is 22.5 Å². The minimum atomic E-state index is -0.264. The topological polar surface area (TPSA) is 67.8 Å². The van der Waals surface area contributed by atoms with Crippen molar-refractivity contribution in [2.24, 2.45) is 0 Å². The molecule has 0 aliphatic rings. The molecular formula is C18H12N4OS2. The number of anilines is 1. The number of benzene rings is 1. The molecule has 25 heavy (non-hydrogen) atoms. The third kappa shape index (κ3) is 3.47. The third-order valence-electron chi connectivity index (χ3n) is 3.41. The lowest BCUT2D eigenvalue weighted by molar-refractivity contribution is 0.102. The number of thiazole rings is 2. The maximum absolute atomic E-state index is 12.4. The van der Waals surface area contributed by atoms with Gasteiger partial charge in [0.1, 0.15) is 16.4 Å². The van der Waals surface area contributed by atoms with E-state index in [0.29, 0.717) is 10.8 Å². The van der Waals surface area contributed by atoms with Crippen LogP contribution in [0.3, 0.4) is 0 Å². The molecule has 0 saturated carbocycles. The molecule has 0 aliphatic carbocycles. The van der Waals surface area contributed by atoms with Gasteiger partial charge in [-0.3, -0.25) is 15.1 Å². The van der Waals surface area contributed by atoms with E-state index in [-0.39, 0.29) is 5.91 Å². The summed E-state index contributed by atoms with van der Waals surface area (Å²) in [7, 11) is 0. The Bertz CT molecular complexity index is 996. The molecule has 1 N–H and O–H groups in total. The van der Waals surface area contributed by atoms with Gasteiger partial charge in [0.2, 0.25) is 0 Å². The quantitative estimate of drug-likeness (QED) is 0.575. The fraction of sp³-hybridized carbons (Fsp3) is 0. The molecule has 1 aromatic carbocycles. The maximum Gasteiger partial charge on any atom is 0.276 e. The summed E-state index contributed by atoms with van der Waals surface area (Å²) in [5.41, 5.74) is 2.90. The second kappa shape index (κ2) is 6.92. The van der Waals surface area contributed by atoms with Crippen LogP contribution in [0.2, 0.25) is 0 Å². The number of amides is 1. The van der Waals surface area contributed by atoms with Crippen molar-refractivity contribution in [2.75, 3.05) is 5.32 Å². The van der Waals surface area contributed by atoms with E-state index < -0.39 is 0 Å². The van der Waals surface area contributed by atoms with Crippen LogP contribution in [0.15, 0.2) is 65.5 Å². The van der Waals surface area contributed by atoms with Gasteiger partial charge in [-0.15, -0.1) is 22.7 Å². The highest BCUT2D eigenvalue weighted by molar-refractivity contribution is 7.14. The number of pyridine rings is 1. The van der Waals surface area contributed by atoms with Gasteiger partial charge in [0.05, 0.1) is 5.69 Å². The van der Waals surface area contributed by atoms with E-state index in [1.165, 1.54) is 22.7 Å². The fourth-order valence-electron chi connectivity index (χ4n) is 2.22. The summed E-state index contributed by atoms with van der Waals surface area (Å²) in [4.78, 5) is 25.5. The predicted molar refractivity (Wildman–Crippen MR) is 101 cm³/mol. The van der Waals surface area contributed by atoms with Crippen LogP contribution in [0.1, 0.15) is 10.5 Å². The highest BCUT2D eigenvalue weighted by Gasteiger charge is 2.14. The number of hydrogen-bond acceptors (Lipinski definition) is 6. The second-order valence-electron chi connectivity index (χ2n) is 5.11. The van der Waals surface area contributed by atoms with E-state index in [1.54, 1.807) is 11.6 Å². The molecule has 4 rings (SSSR count). The van der Waals surface area contributed by atoms with Gasteiger partial charge < -0.3 is 0 Å². The van der Waals surface area contributed by atoms with Crippen molar-refractivity contribution >= 4 is 33.7 Å². The fourth-order valence-corrected chi connectivity index (χ4v) is 3.72. The molecule has 3 heterocycles. The first-order valence-electron chi connectivity index (χ1n) is 7.49. The van der Waals surface area contributed by atoms with Crippen molar-refractivity contribution in [3.63, 3.8) is 0 Å². The molecule has 7 heteroatoms. The Balaban J connectivity index is 1.50. The molecule has 0 atom stereocenters. The summed E-state index contributed by atoms with van der Waals surface area (Å²) in [6, 6.07) is 15.4. The molecule has 0 radical (unpaired) electrons. The van der Waals surface area contributed by atoms with E-state index in [2.05, 4.69) is 20.3 Å². The Labute approximate surface area is 152 Å². The van der Waals surface area contributed by atoms with Crippen LogP contribution in [-0.2, 0) is 0 Å². The van der Waals surface area contributed by atoms with Crippen molar-refractivity contribution < 1.29 is 4.79 Å². The summed E-state index contributed by atoms with van der Waals surface area (Å²) in [6.45, 7) is 0. The highest BCUT2D eigenvalue weighted by atomic mass is 32.1. The molecule has 0 unspecified atom stereocenters. The zero-order valence-corrected chi connectivity index (χ0v) is 14.6. The Morgan fingerprint density at radius 1 is 0.880 bits per heavy atom. The largest absolute Gasteiger partial charge is 0.296 e. The van der Waals surface area contributed by atoms with Crippen LogP contribution in [0.25, 0.3) is 22.0 Å². The first kappa shape index (κ1) is 15.6. The van der Waals surface area contributed by atoms with Crippen molar-refractivity contribution in [1.82, 2.24) is 15.0 Å². The number of carbonyl (C=O) groups is 1. The van der Waals surface area contributed by atoms with Crippen molar-refractivity contribution in [2.45, 2.75) is 0 Å². The minimum absolute atomic E-state index is 0.264. The number of nitrogens with zero attached hydrogens (tertiary/aromatic N) is 3. The van der Waals surface area contributed by atoms with Crippen molar-refractivity contribution in [3.05, 3.63) is 71.2 Å². The molecule has 1 amide bonds. The molecule has 4 aromatic rings. The molecule has 5 nitrogen and oxygen atoms in total. The van der Waals surface area contributed by atoms with E-state index >= 15 is 0 Å². The van der Waals surface area contributed by atoms with Gasteiger partial charge in [-0.2, -0.15) is 0 Å². The van der Waals surface area contributed by atoms with Gasteiger partial charge in [0.15, 0.2) is 5.13 Å². The zero-order chi connectivity index (χ0) is 17.1.